The maximum Gasteiger partial charge on any atom is 0.338 e. The van der Waals surface area contributed by atoms with E-state index in [1.165, 1.54) is 0 Å². The molecule has 1 aliphatic rings. The Bertz CT molecular complexity index is 726. The highest BCUT2D eigenvalue weighted by molar-refractivity contribution is 5.94. The van der Waals surface area contributed by atoms with Crippen molar-refractivity contribution in [3.63, 3.8) is 0 Å². The van der Waals surface area contributed by atoms with Crippen molar-refractivity contribution < 1.29 is 9.53 Å². The van der Waals surface area contributed by atoms with Crippen LogP contribution < -0.4 is 11.1 Å². The number of rotatable bonds is 3. The molecule has 0 aliphatic carbocycles. The number of carbonyl (C=O) groups excluding carboxylic acids is 1. The van der Waals surface area contributed by atoms with Crippen molar-refractivity contribution in [1.82, 2.24) is 4.98 Å². The summed E-state index contributed by atoms with van der Waals surface area (Å²) in [6, 6.07) is 13.5. The Morgan fingerprint density at radius 3 is 2.77 bits per heavy atom. The van der Waals surface area contributed by atoms with E-state index in [0.29, 0.717) is 23.8 Å². The number of pyridine rings is 1. The van der Waals surface area contributed by atoms with E-state index in [-0.39, 0.29) is 5.92 Å². The molecule has 1 aliphatic heterocycles. The third-order valence-electron chi connectivity index (χ3n) is 3.61. The number of esters is 1. The molecule has 0 fully saturated rings. The predicted molar refractivity (Wildman–Crippen MR) is 84.0 cm³/mol. The molecule has 0 spiro atoms. The molecule has 5 heteroatoms. The molecule has 0 amide bonds. The zero-order valence-electron chi connectivity index (χ0n) is 12.2. The summed E-state index contributed by atoms with van der Waals surface area (Å²) in [7, 11) is 0. The minimum Gasteiger partial charge on any atom is -0.463 e. The lowest BCUT2D eigenvalue weighted by molar-refractivity contribution is -0.138. The molecule has 0 bridgehead atoms. The van der Waals surface area contributed by atoms with Gasteiger partial charge in [0.2, 0.25) is 0 Å². The van der Waals surface area contributed by atoms with E-state index in [1.807, 2.05) is 42.5 Å². The Kier molecular flexibility index (Phi) is 3.78. The van der Waals surface area contributed by atoms with Crippen LogP contribution in [0.4, 0.5) is 5.82 Å². The van der Waals surface area contributed by atoms with Gasteiger partial charge in [-0.1, -0.05) is 36.4 Å². The van der Waals surface area contributed by atoms with Gasteiger partial charge in [-0.3, -0.25) is 0 Å². The number of aromatic nitrogens is 1. The summed E-state index contributed by atoms with van der Waals surface area (Å²) in [5, 5.41) is 2.99. The second kappa shape index (κ2) is 5.89. The Morgan fingerprint density at radius 1 is 1.27 bits per heavy atom. The molecule has 2 aromatic rings. The normalized spacial score (nSPS) is 16.7. The van der Waals surface area contributed by atoms with Crippen molar-refractivity contribution in [3.05, 3.63) is 71.2 Å². The van der Waals surface area contributed by atoms with Gasteiger partial charge in [0.1, 0.15) is 11.6 Å². The number of benzene rings is 1. The Hall–Kier alpha value is -2.82. The van der Waals surface area contributed by atoms with Crippen molar-refractivity contribution in [2.24, 2.45) is 5.73 Å². The van der Waals surface area contributed by atoms with Crippen molar-refractivity contribution >= 4 is 11.8 Å². The third kappa shape index (κ3) is 2.41. The largest absolute Gasteiger partial charge is 0.463 e. The summed E-state index contributed by atoms with van der Waals surface area (Å²) in [4.78, 5) is 16.7. The van der Waals surface area contributed by atoms with E-state index in [2.05, 4.69) is 10.3 Å². The molecule has 22 heavy (non-hydrogen) atoms. The first-order chi connectivity index (χ1) is 10.7. The minimum atomic E-state index is -0.407. The van der Waals surface area contributed by atoms with Crippen molar-refractivity contribution in [1.29, 1.82) is 0 Å². The molecule has 0 radical (unpaired) electrons. The topological polar surface area (TPSA) is 77.2 Å². The van der Waals surface area contributed by atoms with Crippen LogP contribution >= 0.6 is 0 Å². The highest BCUT2D eigenvalue weighted by atomic mass is 16.5. The van der Waals surface area contributed by atoms with Gasteiger partial charge < -0.3 is 15.8 Å². The van der Waals surface area contributed by atoms with E-state index >= 15 is 0 Å². The average Bonchev–Trinajstić information content (AvgIpc) is 2.54. The zero-order chi connectivity index (χ0) is 15.5. The number of nitrogens with two attached hydrogens (primary N) is 1. The molecule has 0 saturated carbocycles. The number of hydrogen-bond donors (Lipinski definition) is 2. The summed E-state index contributed by atoms with van der Waals surface area (Å²) in [6.07, 6.45) is 1.69. The number of nitrogens with zero attached hydrogens (tertiary/aromatic N) is 1. The maximum atomic E-state index is 12.4. The molecule has 1 aromatic heterocycles. The molecule has 5 nitrogen and oxygen atoms in total. The number of ether oxygens (including phenoxy) is 1. The fourth-order valence-corrected chi connectivity index (χ4v) is 2.69. The van der Waals surface area contributed by atoms with Gasteiger partial charge in [0.25, 0.3) is 0 Å². The van der Waals surface area contributed by atoms with Gasteiger partial charge >= 0.3 is 5.97 Å². The Morgan fingerprint density at radius 2 is 2.05 bits per heavy atom. The number of anilines is 1. The number of nitrogens with one attached hydrogen (secondary N) is 1. The van der Waals surface area contributed by atoms with Crippen LogP contribution in [0.1, 0.15) is 24.0 Å². The lowest BCUT2D eigenvalue weighted by atomic mass is 9.83. The van der Waals surface area contributed by atoms with Crippen LogP contribution in [0.15, 0.2) is 60.1 Å². The molecule has 2 heterocycles. The van der Waals surface area contributed by atoms with Gasteiger partial charge in [0.05, 0.1) is 12.2 Å². The quantitative estimate of drug-likeness (QED) is 0.850. The van der Waals surface area contributed by atoms with Gasteiger partial charge in [0, 0.05) is 17.7 Å². The van der Waals surface area contributed by atoms with Crippen LogP contribution in [0.3, 0.4) is 0 Å². The molecule has 1 unspecified atom stereocenters. The third-order valence-corrected chi connectivity index (χ3v) is 3.61. The van der Waals surface area contributed by atoms with E-state index in [1.54, 1.807) is 13.1 Å². The lowest BCUT2D eigenvalue weighted by Gasteiger charge is -2.28. The summed E-state index contributed by atoms with van der Waals surface area (Å²) < 4.78 is 5.18. The summed E-state index contributed by atoms with van der Waals surface area (Å²) in [5.41, 5.74) is 8.39. The van der Waals surface area contributed by atoms with E-state index in [0.717, 1.165) is 11.1 Å². The molecule has 112 valence electrons. The monoisotopic (exact) mass is 295 g/mol. The Labute approximate surface area is 128 Å². The van der Waals surface area contributed by atoms with Crippen LogP contribution in [0.2, 0.25) is 0 Å². The number of hydrogen-bond acceptors (Lipinski definition) is 5. The number of carbonyl (C=O) groups is 1. The standard InChI is InChI=1S/C17H17N3O2/c1-2-22-17(21)14-13(11-7-4-3-5-8-11)12-9-6-10-19-16(12)20-15(14)18/h3-10,13H,2,18H2,1H3,(H,19,20). The fourth-order valence-electron chi connectivity index (χ4n) is 2.69. The van der Waals surface area contributed by atoms with Crippen molar-refractivity contribution in [3.8, 4) is 0 Å². The minimum absolute atomic E-state index is 0.287. The van der Waals surface area contributed by atoms with Crippen molar-refractivity contribution in [2.45, 2.75) is 12.8 Å². The molecule has 1 aromatic carbocycles. The highest BCUT2D eigenvalue weighted by Crippen LogP contribution is 2.39. The average molecular weight is 295 g/mol. The smallest absolute Gasteiger partial charge is 0.338 e. The first-order valence-corrected chi connectivity index (χ1v) is 7.16. The first kappa shape index (κ1) is 14.1. The van der Waals surface area contributed by atoms with E-state index in [9.17, 15) is 4.79 Å². The summed E-state index contributed by atoms with van der Waals surface area (Å²) >= 11 is 0. The van der Waals surface area contributed by atoms with Crippen LogP contribution in [0, 0.1) is 0 Å². The van der Waals surface area contributed by atoms with Crippen molar-refractivity contribution in [2.75, 3.05) is 11.9 Å². The van der Waals surface area contributed by atoms with Gasteiger partial charge in [-0.15, -0.1) is 0 Å². The second-order valence-electron chi connectivity index (χ2n) is 4.96. The summed E-state index contributed by atoms with van der Waals surface area (Å²) in [5.74, 6) is 0.265. The SMILES string of the molecule is CCOC(=O)C1=C(N)Nc2ncccc2C1c1ccccc1. The zero-order valence-corrected chi connectivity index (χ0v) is 12.2. The molecular formula is C17H17N3O2. The van der Waals surface area contributed by atoms with E-state index < -0.39 is 5.97 Å². The summed E-state index contributed by atoms with van der Waals surface area (Å²) in [6.45, 7) is 2.08. The van der Waals surface area contributed by atoms with Crippen LogP contribution in [0.5, 0.6) is 0 Å². The van der Waals surface area contributed by atoms with Crippen LogP contribution in [-0.4, -0.2) is 17.6 Å². The lowest BCUT2D eigenvalue weighted by Crippen LogP contribution is -2.29. The maximum absolute atomic E-state index is 12.4. The number of fused-ring (bicyclic) bond motifs is 1. The molecule has 3 rings (SSSR count). The molecule has 0 saturated heterocycles. The van der Waals surface area contributed by atoms with Gasteiger partial charge in [-0.25, -0.2) is 9.78 Å². The van der Waals surface area contributed by atoms with Gasteiger partial charge in [-0.05, 0) is 18.6 Å². The van der Waals surface area contributed by atoms with E-state index in [4.69, 9.17) is 10.5 Å². The molecular weight excluding hydrogens is 278 g/mol. The predicted octanol–water partition coefficient (Wildman–Crippen LogP) is 2.37. The van der Waals surface area contributed by atoms with Gasteiger partial charge in [0.15, 0.2) is 0 Å². The first-order valence-electron chi connectivity index (χ1n) is 7.16. The highest BCUT2D eigenvalue weighted by Gasteiger charge is 2.34. The molecule has 1 atom stereocenters. The second-order valence-corrected chi connectivity index (χ2v) is 4.96. The van der Waals surface area contributed by atoms with Crippen LogP contribution in [0.25, 0.3) is 0 Å². The fraction of sp³-hybridized carbons (Fsp3) is 0.176. The Balaban J connectivity index is 2.17. The van der Waals surface area contributed by atoms with Gasteiger partial charge in [-0.2, -0.15) is 0 Å². The molecule has 3 N–H and O–H groups in total. The van der Waals surface area contributed by atoms with Crippen LogP contribution in [-0.2, 0) is 9.53 Å².